The summed E-state index contributed by atoms with van der Waals surface area (Å²) in [5.74, 6) is -3.92. The minimum atomic E-state index is -3.34. The number of amides is 1. The Kier molecular flexibility index (Phi) is 4.98. The molecule has 5 heteroatoms. The van der Waals surface area contributed by atoms with Crippen molar-refractivity contribution in [3.63, 3.8) is 0 Å². The second-order valence-corrected chi connectivity index (χ2v) is 5.67. The van der Waals surface area contributed by atoms with Gasteiger partial charge in [0.2, 0.25) is 0 Å². The fourth-order valence-corrected chi connectivity index (χ4v) is 2.45. The Hall–Kier alpha value is -2.43. The molecule has 2 rings (SSSR count). The van der Waals surface area contributed by atoms with E-state index in [9.17, 15) is 13.6 Å². The van der Waals surface area contributed by atoms with Gasteiger partial charge < -0.3 is 10.5 Å². The number of hydrogen-bond acceptors (Lipinski definition) is 2. The second-order valence-electron chi connectivity index (χ2n) is 5.67. The van der Waals surface area contributed by atoms with Crippen LogP contribution >= 0.6 is 0 Å². The number of rotatable bonds is 5. The van der Waals surface area contributed by atoms with Crippen molar-refractivity contribution < 1.29 is 18.3 Å². The van der Waals surface area contributed by atoms with Crippen molar-refractivity contribution in [1.29, 1.82) is 0 Å². The smallest absolute Gasteiger partial charge is 0.405 e. The number of alkyl halides is 2. The summed E-state index contributed by atoms with van der Waals surface area (Å²) < 4.78 is 34.3. The van der Waals surface area contributed by atoms with Crippen molar-refractivity contribution in [3.05, 3.63) is 60.2 Å². The molecule has 0 aliphatic carbocycles. The van der Waals surface area contributed by atoms with Crippen LogP contribution in [0.4, 0.5) is 13.6 Å². The summed E-state index contributed by atoms with van der Waals surface area (Å²) in [5.41, 5.74) is 6.23. The Morgan fingerprint density at radius 1 is 1.04 bits per heavy atom. The number of carbonyl (C=O) groups excluding carboxylic acids is 1. The van der Waals surface area contributed by atoms with Crippen LogP contribution in [0, 0.1) is 5.92 Å². The monoisotopic (exact) mass is 319 g/mol. The highest BCUT2D eigenvalue weighted by molar-refractivity contribution is 5.65. The van der Waals surface area contributed by atoms with E-state index in [0.29, 0.717) is 5.56 Å². The number of halogens is 2. The molecule has 2 aromatic rings. The van der Waals surface area contributed by atoms with Crippen LogP contribution in [0.25, 0.3) is 11.1 Å². The molecule has 0 aromatic heterocycles. The molecule has 0 bridgehead atoms. The van der Waals surface area contributed by atoms with E-state index in [-0.39, 0.29) is 5.56 Å². The van der Waals surface area contributed by atoms with E-state index in [0.717, 1.165) is 5.56 Å². The molecule has 23 heavy (non-hydrogen) atoms. The Morgan fingerprint density at radius 2 is 1.65 bits per heavy atom. The highest BCUT2D eigenvalue weighted by Crippen LogP contribution is 2.38. The van der Waals surface area contributed by atoms with Gasteiger partial charge in [0, 0.05) is 5.56 Å². The Bertz CT molecular complexity index is 672. The Morgan fingerprint density at radius 3 is 2.22 bits per heavy atom. The Balaban J connectivity index is 2.41. The molecule has 0 aliphatic rings. The maximum Gasteiger partial charge on any atom is 0.405 e. The van der Waals surface area contributed by atoms with Gasteiger partial charge in [-0.25, -0.2) is 4.79 Å². The number of hydrogen-bond donors (Lipinski definition) is 1. The normalized spacial score (nSPS) is 12.9. The van der Waals surface area contributed by atoms with Crippen LogP contribution in [0.2, 0.25) is 0 Å². The van der Waals surface area contributed by atoms with Gasteiger partial charge >= 0.3 is 12.0 Å². The molecule has 2 aromatic carbocycles. The third kappa shape index (κ3) is 3.86. The molecule has 122 valence electrons. The minimum absolute atomic E-state index is 0.209. The lowest BCUT2D eigenvalue weighted by Crippen LogP contribution is -2.40. The van der Waals surface area contributed by atoms with Crippen LogP contribution in [0.15, 0.2) is 54.6 Å². The molecule has 0 aliphatic heterocycles. The summed E-state index contributed by atoms with van der Waals surface area (Å²) in [4.78, 5) is 10.9. The minimum Gasteiger partial charge on any atom is -0.439 e. The zero-order valence-electron chi connectivity index (χ0n) is 13.0. The van der Waals surface area contributed by atoms with Gasteiger partial charge in [0.1, 0.15) is 0 Å². The predicted octanol–water partition coefficient (Wildman–Crippen LogP) is 4.57. The molecule has 0 heterocycles. The quantitative estimate of drug-likeness (QED) is 0.878. The van der Waals surface area contributed by atoms with Gasteiger partial charge in [0.15, 0.2) is 6.10 Å². The first-order valence-corrected chi connectivity index (χ1v) is 7.32. The van der Waals surface area contributed by atoms with Crippen molar-refractivity contribution in [3.8, 4) is 11.1 Å². The number of ether oxygens (including phenoxy) is 1. The highest BCUT2D eigenvalue weighted by atomic mass is 19.3. The maximum atomic E-state index is 14.8. The van der Waals surface area contributed by atoms with Gasteiger partial charge in [0.25, 0.3) is 0 Å². The molecule has 3 nitrogen and oxygen atoms in total. The molecule has 0 radical (unpaired) electrons. The molecule has 0 saturated heterocycles. The molecule has 0 saturated carbocycles. The van der Waals surface area contributed by atoms with E-state index < -0.39 is 24.0 Å². The molecule has 0 spiro atoms. The molecular weight excluding hydrogens is 300 g/mol. The molecule has 0 unspecified atom stereocenters. The topological polar surface area (TPSA) is 52.3 Å². The van der Waals surface area contributed by atoms with E-state index in [1.54, 1.807) is 26.0 Å². The summed E-state index contributed by atoms with van der Waals surface area (Å²) in [6, 6.07) is 15.3. The first kappa shape index (κ1) is 16.9. The van der Waals surface area contributed by atoms with Crippen LogP contribution in [-0.4, -0.2) is 12.2 Å². The largest absolute Gasteiger partial charge is 0.439 e. The standard InChI is InChI=1S/C18H19F2NO2/c1-12(2)16(23-17(21)22)18(19,20)15-10-6-9-14(11-15)13-7-4-3-5-8-13/h3-12,16H,1-2H3,(H2,21,22)/t16-/m0/s1. The maximum absolute atomic E-state index is 14.8. The lowest BCUT2D eigenvalue weighted by Gasteiger charge is -2.29. The van der Waals surface area contributed by atoms with Gasteiger partial charge in [-0.3, -0.25) is 0 Å². The highest BCUT2D eigenvalue weighted by Gasteiger charge is 2.46. The van der Waals surface area contributed by atoms with Gasteiger partial charge in [-0.2, -0.15) is 8.78 Å². The first-order valence-electron chi connectivity index (χ1n) is 7.32. The summed E-state index contributed by atoms with van der Waals surface area (Å²) in [7, 11) is 0. The van der Waals surface area contributed by atoms with E-state index in [2.05, 4.69) is 4.74 Å². The van der Waals surface area contributed by atoms with E-state index in [1.165, 1.54) is 12.1 Å². The lowest BCUT2D eigenvalue weighted by molar-refractivity contribution is -0.133. The van der Waals surface area contributed by atoms with Gasteiger partial charge in [0.05, 0.1) is 0 Å². The lowest BCUT2D eigenvalue weighted by atomic mass is 9.92. The zero-order chi connectivity index (χ0) is 17.0. The fraction of sp³-hybridized carbons (Fsp3) is 0.278. The zero-order valence-corrected chi connectivity index (χ0v) is 13.0. The number of nitrogens with two attached hydrogens (primary N) is 1. The van der Waals surface area contributed by atoms with Crippen LogP contribution < -0.4 is 5.73 Å². The second kappa shape index (κ2) is 6.77. The SMILES string of the molecule is CC(C)[C@H](OC(N)=O)C(F)(F)c1cccc(-c2ccccc2)c1. The summed E-state index contributed by atoms with van der Waals surface area (Å²) in [6.45, 7) is 3.12. The van der Waals surface area contributed by atoms with Crippen molar-refractivity contribution in [2.45, 2.75) is 25.9 Å². The average Bonchev–Trinajstić information content (AvgIpc) is 2.53. The van der Waals surface area contributed by atoms with Crippen molar-refractivity contribution in [2.24, 2.45) is 11.7 Å². The third-order valence-electron chi connectivity index (χ3n) is 3.56. The van der Waals surface area contributed by atoms with Crippen molar-refractivity contribution in [2.75, 3.05) is 0 Å². The van der Waals surface area contributed by atoms with Gasteiger partial charge in [-0.1, -0.05) is 62.4 Å². The Labute approximate surface area is 134 Å². The molecular formula is C18H19F2NO2. The summed E-state index contributed by atoms with van der Waals surface area (Å²) >= 11 is 0. The van der Waals surface area contributed by atoms with Crippen molar-refractivity contribution in [1.82, 2.24) is 0 Å². The fourth-order valence-electron chi connectivity index (χ4n) is 2.45. The number of primary amides is 1. The first-order chi connectivity index (χ1) is 10.8. The number of carbonyl (C=O) groups is 1. The average molecular weight is 319 g/mol. The van der Waals surface area contributed by atoms with Crippen LogP contribution in [0.3, 0.4) is 0 Å². The molecule has 1 amide bonds. The van der Waals surface area contributed by atoms with Crippen LogP contribution in [0.5, 0.6) is 0 Å². The van der Waals surface area contributed by atoms with Gasteiger partial charge in [-0.15, -0.1) is 0 Å². The summed E-state index contributed by atoms with van der Waals surface area (Å²) in [5, 5.41) is 0. The molecule has 1 atom stereocenters. The van der Waals surface area contributed by atoms with Crippen LogP contribution in [-0.2, 0) is 10.7 Å². The van der Waals surface area contributed by atoms with Gasteiger partial charge in [-0.05, 0) is 23.1 Å². The van der Waals surface area contributed by atoms with E-state index >= 15 is 0 Å². The number of benzene rings is 2. The molecule has 0 fully saturated rings. The van der Waals surface area contributed by atoms with E-state index in [4.69, 9.17) is 5.73 Å². The van der Waals surface area contributed by atoms with Crippen molar-refractivity contribution >= 4 is 6.09 Å². The molecule has 2 N–H and O–H groups in total. The third-order valence-corrected chi connectivity index (χ3v) is 3.56. The summed E-state index contributed by atoms with van der Waals surface area (Å²) in [6.07, 6.45) is -2.83. The van der Waals surface area contributed by atoms with Crippen LogP contribution in [0.1, 0.15) is 19.4 Å². The van der Waals surface area contributed by atoms with E-state index in [1.807, 2.05) is 30.3 Å². The predicted molar refractivity (Wildman–Crippen MR) is 85.1 cm³/mol.